The third kappa shape index (κ3) is 2.78. The van der Waals surface area contributed by atoms with Crippen molar-refractivity contribution in [2.45, 2.75) is 31.7 Å². The minimum Gasteiger partial charge on any atom is -0.395 e. The summed E-state index contributed by atoms with van der Waals surface area (Å²) in [5, 5.41) is 9.01. The highest BCUT2D eigenvalue weighted by atomic mass is 35.5. The van der Waals surface area contributed by atoms with E-state index in [9.17, 15) is 0 Å². The highest BCUT2D eigenvalue weighted by molar-refractivity contribution is 5.85. The maximum Gasteiger partial charge on any atom is 0.0585 e. The number of halogens is 1. The molecule has 0 radical (unpaired) electrons. The Kier molecular flexibility index (Phi) is 5.02. The number of nitrogens with zero attached hydrogens (tertiary/aromatic N) is 1. The summed E-state index contributed by atoms with van der Waals surface area (Å²) in [4.78, 5) is 2.22. The molecular formula is C15H23ClN2O. The molecule has 0 saturated heterocycles. The Labute approximate surface area is 121 Å². The molecule has 1 heterocycles. The van der Waals surface area contributed by atoms with Crippen molar-refractivity contribution >= 4 is 18.1 Å². The third-order valence-corrected chi connectivity index (χ3v) is 3.79. The first-order chi connectivity index (χ1) is 8.48. The van der Waals surface area contributed by atoms with E-state index in [2.05, 4.69) is 56.1 Å². The van der Waals surface area contributed by atoms with Crippen LogP contribution in [0.1, 0.15) is 25.8 Å². The van der Waals surface area contributed by atoms with Gasteiger partial charge in [0.1, 0.15) is 0 Å². The SMILES string of the molecule is CN1/C(=C/CC(N)CO)C(C)(C)c2ccccc21.Cl. The molecule has 1 aromatic carbocycles. The average molecular weight is 283 g/mol. The van der Waals surface area contributed by atoms with Crippen molar-refractivity contribution in [3.63, 3.8) is 0 Å². The van der Waals surface area contributed by atoms with Gasteiger partial charge in [-0.15, -0.1) is 12.4 Å². The summed E-state index contributed by atoms with van der Waals surface area (Å²) in [6.45, 7) is 4.48. The van der Waals surface area contributed by atoms with Crippen molar-refractivity contribution in [3.8, 4) is 0 Å². The van der Waals surface area contributed by atoms with E-state index in [0.717, 1.165) is 0 Å². The number of hydrogen-bond acceptors (Lipinski definition) is 3. The Bertz CT molecular complexity index is 471. The first kappa shape index (κ1) is 16.0. The maximum absolute atomic E-state index is 9.01. The second-order valence-electron chi connectivity index (χ2n) is 5.47. The van der Waals surface area contributed by atoms with Gasteiger partial charge in [-0.25, -0.2) is 0 Å². The normalized spacial score (nSPS) is 20.1. The molecule has 0 aromatic heterocycles. The molecule has 1 aliphatic heterocycles. The number of aliphatic hydroxyl groups excluding tert-OH is 1. The van der Waals surface area contributed by atoms with Crippen LogP contribution >= 0.6 is 12.4 Å². The zero-order valence-electron chi connectivity index (χ0n) is 11.8. The van der Waals surface area contributed by atoms with Gasteiger partial charge in [0.2, 0.25) is 0 Å². The number of likely N-dealkylation sites (N-methyl/N-ethyl adjacent to an activating group) is 1. The number of anilines is 1. The van der Waals surface area contributed by atoms with Gasteiger partial charge in [-0.1, -0.05) is 38.1 Å². The number of benzene rings is 1. The average Bonchev–Trinajstić information content (AvgIpc) is 2.56. The lowest BCUT2D eigenvalue weighted by Gasteiger charge is -2.24. The molecule has 0 aliphatic carbocycles. The molecule has 1 atom stereocenters. The molecule has 1 aromatic rings. The molecule has 3 N–H and O–H groups in total. The van der Waals surface area contributed by atoms with Crippen LogP contribution in [0.4, 0.5) is 5.69 Å². The minimum absolute atomic E-state index is 0. The topological polar surface area (TPSA) is 49.5 Å². The Hall–Kier alpha value is -1.03. The number of fused-ring (bicyclic) bond motifs is 1. The summed E-state index contributed by atoms with van der Waals surface area (Å²) in [7, 11) is 2.09. The number of aliphatic hydroxyl groups is 1. The van der Waals surface area contributed by atoms with Gasteiger partial charge in [-0.2, -0.15) is 0 Å². The van der Waals surface area contributed by atoms with Crippen molar-refractivity contribution in [2.75, 3.05) is 18.6 Å². The Morgan fingerprint density at radius 1 is 1.37 bits per heavy atom. The Morgan fingerprint density at radius 3 is 2.58 bits per heavy atom. The molecular weight excluding hydrogens is 260 g/mol. The van der Waals surface area contributed by atoms with Crippen molar-refractivity contribution in [3.05, 3.63) is 41.6 Å². The number of allylic oxidation sites excluding steroid dienone is 1. The highest BCUT2D eigenvalue weighted by Crippen LogP contribution is 2.46. The Balaban J connectivity index is 0.00000180. The van der Waals surface area contributed by atoms with Gasteiger partial charge in [0.25, 0.3) is 0 Å². The number of para-hydroxylation sites is 1. The molecule has 0 fully saturated rings. The fourth-order valence-corrected chi connectivity index (χ4v) is 2.71. The van der Waals surface area contributed by atoms with E-state index in [4.69, 9.17) is 10.8 Å². The van der Waals surface area contributed by atoms with E-state index in [-0.39, 0.29) is 30.5 Å². The van der Waals surface area contributed by atoms with Crippen LogP contribution in [0.15, 0.2) is 36.0 Å². The lowest BCUT2D eigenvalue weighted by atomic mass is 9.83. The molecule has 19 heavy (non-hydrogen) atoms. The molecule has 0 spiro atoms. The molecule has 4 heteroatoms. The lowest BCUT2D eigenvalue weighted by Crippen LogP contribution is -2.26. The van der Waals surface area contributed by atoms with E-state index in [1.54, 1.807) is 0 Å². The van der Waals surface area contributed by atoms with Crippen LogP contribution in [-0.2, 0) is 5.41 Å². The highest BCUT2D eigenvalue weighted by Gasteiger charge is 2.37. The van der Waals surface area contributed by atoms with Crippen LogP contribution in [0.3, 0.4) is 0 Å². The maximum atomic E-state index is 9.01. The van der Waals surface area contributed by atoms with E-state index >= 15 is 0 Å². The van der Waals surface area contributed by atoms with Crippen LogP contribution in [0.2, 0.25) is 0 Å². The molecule has 0 saturated carbocycles. The van der Waals surface area contributed by atoms with Gasteiger partial charge in [0, 0.05) is 29.9 Å². The lowest BCUT2D eigenvalue weighted by molar-refractivity contribution is 0.266. The first-order valence-electron chi connectivity index (χ1n) is 6.38. The Morgan fingerprint density at radius 2 is 2.00 bits per heavy atom. The van der Waals surface area contributed by atoms with E-state index < -0.39 is 0 Å². The molecule has 0 amide bonds. The van der Waals surface area contributed by atoms with Gasteiger partial charge < -0.3 is 15.7 Å². The van der Waals surface area contributed by atoms with Gasteiger partial charge >= 0.3 is 0 Å². The second-order valence-corrected chi connectivity index (χ2v) is 5.47. The van der Waals surface area contributed by atoms with Crippen molar-refractivity contribution in [2.24, 2.45) is 5.73 Å². The molecule has 0 bridgehead atoms. The molecule has 3 nitrogen and oxygen atoms in total. The predicted octanol–water partition coefficient (Wildman–Crippen LogP) is 2.43. The predicted molar refractivity (Wildman–Crippen MR) is 82.9 cm³/mol. The van der Waals surface area contributed by atoms with Crippen molar-refractivity contribution in [1.82, 2.24) is 0 Å². The summed E-state index contributed by atoms with van der Waals surface area (Å²) in [6.07, 6.45) is 2.86. The van der Waals surface area contributed by atoms with Gasteiger partial charge in [-0.05, 0) is 18.1 Å². The smallest absolute Gasteiger partial charge is 0.0585 e. The zero-order chi connectivity index (χ0) is 13.3. The molecule has 1 aliphatic rings. The monoisotopic (exact) mass is 282 g/mol. The van der Waals surface area contributed by atoms with Crippen molar-refractivity contribution < 1.29 is 5.11 Å². The van der Waals surface area contributed by atoms with Crippen LogP contribution in [0.25, 0.3) is 0 Å². The van der Waals surface area contributed by atoms with E-state index in [1.807, 2.05) is 0 Å². The fourth-order valence-electron chi connectivity index (χ4n) is 2.71. The molecule has 106 valence electrons. The van der Waals surface area contributed by atoms with Crippen LogP contribution < -0.4 is 10.6 Å². The summed E-state index contributed by atoms with van der Waals surface area (Å²) >= 11 is 0. The zero-order valence-corrected chi connectivity index (χ0v) is 12.6. The molecule has 1 unspecified atom stereocenters. The summed E-state index contributed by atoms with van der Waals surface area (Å²) in [5.41, 5.74) is 9.63. The second kappa shape index (κ2) is 5.95. The van der Waals surface area contributed by atoms with E-state index in [0.29, 0.717) is 6.42 Å². The van der Waals surface area contributed by atoms with Gasteiger partial charge in [-0.3, -0.25) is 0 Å². The molecule has 2 rings (SSSR count). The third-order valence-electron chi connectivity index (χ3n) is 3.79. The fraction of sp³-hybridized carbons (Fsp3) is 0.467. The van der Waals surface area contributed by atoms with Crippen LogP contribution in [0, 0.1) is 0 Å². The summed E-state index contributed by atoms with van der Waals surface area (Å²) in [5.74, 6) is 0. The van der Waals surface area contributed by atoms with Crippen molar-refractivity contribution in [1.29, 1.82) is 0 Å². The van der Waals surface area contributed by atoms with Gasteiger partial charge in [0.15, 0.2) is 0 Å². The summed E-state index contributed by atoms with van der Waals surface area (Å²) in [6, 6.07) is 8.29. The quantitative estimate of drug-likeness (QED) is 0.895. The largest absolute Gasteiger partial charge is 0.395 e. The number of hydrogen-bond donors (Lipinski definition) is 2. The minimum atomic E-state index is -0.176. The van der Waals surface area contributed by atoms with Crippen LogP contribution in [0.5, 0.6) is 0 Å². The standard InChI is InChI=1S/C15H22N2O.ClH/c1-15(2)12-6-4-5-7-13(12)17(3)14(15)9-8-11(16)10-18;/h4-7,9,11,18H,8,10,16H2,1-3H3;1H/b14-9+;. The summed E-state index contributed by atoms with van der Waals surface area (Å²) < 4.78 is 0. The van der Waals surface area contributed by atoms with Crippen LogP contribution in [-0.4, -0.2) is 24.8 Å². The van der Waals surface area contributed by atoms with Gasteiger partial charge in [0.05, 0.1) is 6.61 Å². The number of rotatable bonds is 3. The number of nitrogens with two attached hydrogens (primary N) is 1. The first-order valence-corrected chi connectivity index (χ1v) is 6.38. The van der Waals surface area contributed by atoms with E-state index in [1.165, 1.54) is 16.9 Å².